The summed E-state index contributed by atoms with van der Waals surface area (Å²) in [6.07, 6.45) is 0.543. The lowest BCUT2D eigenvalue weighted by atomic mass is 10.1. The Bertz CT molecular complexity index is 365. The van der Waals surface area contributed by atoms with Crippen LogP contribution in [0.2, 0.25) is 0 Å². The minimum atomic E-state index is -0.907. The van der Waals surface area contributed by atoms with Crippen LogP contribution < -0.4 is 10.6 Å². The zero-order chi connectivity index (χ0) is 12.7. The maximum absolute atomic E-state index is 11.5. The monoisotopic (exact) mass is 256 g/mol. The highest BCUT2D eigenvalue weighted by Crippen LogP contribution is 2.07. The van der Waals surface area contributed by atoms with Gasteiger partial charge in [0.2, 0.25) is 0 Å². The van der Waals surface area contributed by atoms with Gasteiger partial charge in [0.1, 0.15) is 0 Å². The maximum atomic E-state index is 11.5. The number of carboxylic acid groups (broad SMARTS) is 1. The molecule has 3 N–H and O–H groups in total. The molecule has 0 radical (unpaired) electrons. The van der Waals surface area contributed by atoms with Crippen molar-refractivity contribution in [2.24, 2.45) is 0 Å². The van der Waals surface area contributed by atoms with Gasteiger partial charge >= 0.3 is 12.0 Å². The molecule has 1 aromatic rings. The average Bonchev–Trinajstić information content (AvgIpc) is 2.77. The normalized spacial score (nSPS) is 11.8. The Balaban J connectivity index is 2.30. The standard InChI is InChI=1S/C11H16N2O3S/c1-2-8(6-10(14)15)13-11(16)12-7-9-4-3-5-17-9/h3-5,8H,2,6-7H2,1H3,(H,14,15)(H2,12,13,16). The van der Waals surface area contributed by atoms with Gasteiger partial charge in [0.25, 0.3) is 0 Å². The van der Waals surface area contributed by atoms with Gasteiger partial charge in [-0.05, 0) is 17.9 Å². The number of hydrogen-bond donors (Lipinski definition) is 3. The summed E-state index contributed by atoms with van der Waals surface area (Å²) in [7, 11) is 0. The van der Waals surface area contributed by atoms with Gasteiger partial charge in [0.15, 0.2) is 0 Å². The number of urea groups is 1. The minimum absolute atomic E-state index is 0.0527. The van der Waals surface area contributed by atoms with E-state index < -0.39 is 5.97 Å². The van der Waals surface area contributed by atoms with Gasteiger partial charge in [-0.1, -0.05) is 13.0 Å². The van der Waals surface area contributed by atoms with E-state index in [2.05, 4.69) is 10.6 Å². The number of hydrogen-bond acceptors (Lipinski definition) is 3. The predicted molar refractivity (Wildman–Crippen MR) is 66.0 cm³/mol. The summed E-state index contributed by atoms with van der Waals surface area (Å²) in [6, 6.07) is 3.19. The van der Waals surface area contributed by atoms with Crippen molar-refractivity contribution in [3.05, 3.63) is 22.4 Å². The second kappa shape index (κ2) is 6.90. The average molecular weight is 256 g/mol. The molecule has 0 aliphatic heterocycles. The SMILES string of the molecule is CCC(CC(=O)O)NC(=O)NCc1cccs1. The van der Waals surface area contributed by atoms with Gasteiger partial charge in [-0.25, -0.2) is 4.79 Å². The Hall–Kier alpha value is -1.56. The highest BCUT2D eigenvalue weighted by Gasteiger charge is 2.13. The van der Waals surface area contributed by atoms with Crippen LogP contribution in [0.5, 0.6) is 0 Å². The van der Waals surface area contributed by atoms with E-state index in [9.17, 15) is 9.59 Å². The fraction of sp³-hybridized carbons (Fsp3) is 0.455. The first-order chi connectivity index (χ1) is 8.11. The van der Waals surface area contributed by atoms with Gasteiger partial charge in [-0.3, -0.25) is 4.79 Å². The number of rotatable bonds is 6. The number of amides is 2. The van der Waals surface area contributed by atoms with Crippen LogP contribution in [0.25, 0.3) is 0 Å². The molecule has 0 aromatic carbocycles. The molecule has 1 atom stereocenters. The maximum Gasteiger partial charge on any atom is 0.315 e. The molecular weight excluding hydrogens is 240 g/mol. The zero-order valence-corrected chi connectivity index (χ0v) is 10.4. The van der Waals surface area contributed by atoms with Crippen molar-refractivity contribution in [1.29, 1.82) is 0 Å². The molecule has 2 amide bonds. The summed E-state index contributed by atoms with van der Waals surface area (Å²) < 4.78 is 0. The highest BCUT2D eigenvalue weighted by atomic mass is 32.1. The van der Waals surface area contributed by atoms with E-state index in [1.807, 2.05) is 24.4 Å². The fourth-order valence-corrected chi connectivity index (χ4v) is 1.97. The minimum Gasteiger partial charge on any atom is -0.481 e. The van der Waals surface area contributed by atoms with Crippen molar-refractivity contribution >= 4 is 23.3 Å². The van der Waals surface area contributed by atoms with Crippen LogP contribution in [0.4, 0.5) is 4.79 Å². The summed E-state index contributed by atoms with van der Waals surface area (Å²) in [5, 5.41) is 15.9. The third kappa shape index (κ3) is 5.35. The van der Waals surface area contributed by atoms with Crippen LogP contribution in [0.3, 0.4) is 0 Å². The molecule has 17 heavy (non-hydrogen) atoms. The zero-order valence-electron chi connectivity index (χ0n) is 9.60. The first-order valence-electron chi connectivity index (χ1n) is 5.40. The van der Waals surface area contributed by atoms with E-state index in [0.717, 1.165) is 4.88 Å². The van der Waals surface area contributed by atoms with Crippen molar-refractivity contribution in [2.45, 2.75) is 32.4 Å². The van der Waals surface area contributed by atoms with Gasteiger partial charge in [-0.2, -0.15) is 0 Å². The largest absolute Gasteiger partial charge is 0.481 e. The summed E-state index contributed by atoms with van der Waals surface area (Å²) in [4.78, 5) is 23.1. The second-order valence-electron chi connectivity index (χ2n) is 3.61. The molecule has 94 valence electrons. The molecule has 5 nitrogen and oxygen atoms in total. The van der Waals surface area contributed by atoms with Crippen LogP contribution in [0.1, 0.15) is 24.6 Å². The van der Waals surface area contributed by atoms with Crippen molar-refractivity contribution in [1.82, 2.24) is 10.6 Å². The van der Waals surface area contributed by atoms with Crippen molar-refractivity contribution < 1.29 is 14.7 Å². The Morgan fingerprint density at radius 1 is 1.53 bits per heavy atom. The molecule has 1 unspecified atom stereocenters. The second-order valence-corrected chi connectivity index (χ2v) is 4.64. The number of carboxylic acids is 1. The third-order valence-corrected chi connectivity index (χ3v) is 3.13. The number of carbonyl (C=O) groups is 2. The van der Waals surface area contributed by atoms with Gasteiger partial charge in [0, 0.05) is 10.9 Å². The molecule has 0 saturated carbocycles. The van der Waals surface area contributed by atoms with E-state index in [0.29, 0.717) is 13.0 Å². The van der Waals surface area contributed by atoms with E-state index in [-0.39, 0.29) is 18.5 Å². The van der Waals surface area contributed by atoms with Gasteiger partial charge < -0.3 is 15.7 Å². The molecule has 0 aliphatic rings. The third-order valence-electron chi connectivity index (χ3n) is 2.25. The van der Waals surface area contributed by atoms with E-state index in [1.165, 1.54) is 0 Å². The first-order valence-corrected chi connectivity index (χ1v) is 6.28. The molecular formula is C11H16N2O3S. The molecule has 0 saturated heterocycles. The van der Waals surface area contributed by atoms with Gasteiger partial charge in [-0.15, -0.1) is 11.3 Å². The van der Waals surface area contributed by atoms with Crippen molar-refractivity contribution in [3.63, 3.8) is 0 Å². The number of thiophene rings is 1. The Kier molecular flexibility index (Phi) is 5.48. The summed E-state index contributed by atoms with van der Waals surface area (Å²) in [5.41, 5.74) is 0. The number of carbonyl (C=O) groups excluding carboxylic acids is 1. The van der Waals surface area contributed by atoms with Crippen molar-refractivity contribution in [3.8, 4) is 0 Å². The van der Waals surface area contributed by atoms with Crippen LogP contribution in [-0.4, -0.2) is 23.1 Å². The Morgan fingerprint density at radius 3 is 2.82 bits per heavy atom. The molecule has 0 aliphatic carbocycles. The van der Waals surface area contributed by atoms with E-state index in [1.54, 1.807) is 11.3 Å². The van der Waals surface area contributed by atoms with Crippen LogP contribution in [0.15, 0.2) is 17.5 Å². The molecule has 1 heterocycles. The van der Waals surface area contributed by atoms with Crippen LogP contribution >= 0.6 is 11.3 Å². The predicted octanol–water partition coefficient (Wildman–Crippen LogP) is 1.80. The summed E-state index contributed by atoms with van der Waals surface area (Å²) >= 11 is 1.56. The lowest BCUT2D eigenvalue weighted by Crippen LogP contribution is -2.42. The Labute approximate surface area is 104 Å². The first kappa shape index (κ1) is 13.5. The number of aliphatic carboxylic acids is 1. The van der Waals surface area contributed by atoms with Crippen LogP contribution in [-0.2, 0) is 11.3 Å². The van der Waals surface area contributed by atoms with Crippen molar-refractivity contribution in [2.75, 3.05) is 0 Å². The fourth-order valence-electron chi connectivity index (χ4n) is 1.33. The summed E-state index contributed by atoms with van der Waals surface area (Å²) in [5.74, 6) is -0.907. The molecule has 0 spiro atoms. The van der Waals surface area contributed by atoms with Crippen LogP contribution in [0, 0.1) is 0 Å². The topological polar surface area (TPSA) is 78.4 Å². The van der Waals surface area contributed by atoms with Gasteiger partial charge in [0.05, 0.1) is 13.0 Å². The molecule has 1 rings (SSSR count). The highest BCUT2D eigenvalue weighted by molar-refractivity contribution is 7.09. The quantitative estimate of drug-likeness (QED) is 0.726. The van der Waals surface area contributed by atoms with E-state index >= 15 is 0 Å². The Morgan fingerprint density at radius 2 is 2.29 bits per heavy atom. The lowest BCUT2D eigenvalue weighted by molar-refractivity contribution is -0.137. The van der Waals surface area contributed by atoms with E-state index in [4.69, 9.17) is 5.11 Å². The molecule has 1 aromatic heterocycles. The summed E-state index contributed by atoms with van der Waals surface area (Å²) in [6.45, 7) is 2.31. The molecule has 6 heteroatoms. The lowest BCUT2D eigenvalue weighted by Gasteiger charge is -2.15. The molecule has 0 fully saturated rings. The number of nitrogens with one attached hydrogen (secondary N) is 2. The smallest absolute Gasteiger partial charge is 0.315 e. The molecule has 0 bridgehead atoms.